The van der Waals surface area contributed by atoms with Crippen molar-refractivity contribution in [2.45, 2.75) is 38.3 Å². The lowest BCUT2D eigenvalue weighted by molar-refractivity contribution is -0.151. The summed E-state index contributed by atoms with van der Waals surface area (Å²) in [6, 6.07) is -0.769. The van der Waals surface area contributed by atoms with E-state index in [9.17, 15) is 19.5 Å². The summed E-state index contributed by atoms with van der Waals surface area (Å²) in [6.07, 6.45) is -0.653. The average molecular weight is 273 g/mol. The van der Waals surface area contributed by atoms with Gasteiger partial charge in [0.2, 0.25) is 5.91 Å². The van der Waals surface area contributed by atoms with E-state index in [1.807, 2.05) is 0 Å². The minimum Gasteiger partial charge on any atom is -0.467 e. The van der Waals surface area contributed by atoms with E-state index >= 15 is 0 Å². The molecular formula is C12H19NO6. The lowest BCUT2D eigenvalue weighted by Crippen LogP contribution is -2.41. The number of likely N-dealkylation sites (tertiary alicyclic amines) is 1. The summed E-state index contributed by atoms with van der Waals surface area (Å²) in [5.41, 5.74) is 0. The molecule has 1 amide bonds. The molecule has 7 heteroatoms. The van der Waals surface area contributed by atoms with Crippen molar-refractivity contribution in [3.8, 4) is 0 Å². The van der Waals surface area contributed by atoms with Crippen LogP contribution in [0.4, 0.5) is 0 Å². The van der Waals surface area contributed by atoms with Gasteiger partial charge in [0, 0.05) is 19.4 Å². The molecule has 2 unspecified atom stereocenters. The second-order valence-corrected chi connectivity index (χ2v) is 4.28. The first-order chi connectivity index (χ1) is 8.99. The Morgan fingerprint density at radius 3 is 2.58 bits per heavy atom. The fourth-order valence-corrected chi connectivity index (χ4v) is 2.03. The number of β-amino-alcohol motifs (C(OH)–C–C–N with tert-alkyl or cyclic N) is 1. The second-order valence-electron chi connectivity index (χ2n) is 4.28. The Balaban J connectivity index is 2.54. The van der Waals surface area contributed by atoms with Gasteiger partial charge in [-0.25, -0.2) is 4.79 Å². The minimum atomic E-state index is -0.769. The monoisotopic (exact) mass is 273 g/mol. The Bertz CT molecular complexity index is 356. The van der Waals surface area contributed by atoms with Crippen LogP contribution in [0.1, 0.15) is 26.2 Å². The predicted octanol–water partition coefficient (Wildman–Crippen LogP) is -0.536. The van der Waals surface area contributed by atoms with Crippen molar-refractivity contribution in [1.82, 2.24) is 4.90 Å². The van der Waals surface area contributed by atoms with E-state index in [0.29, 0.717) is 0 Å². The molecule has 108 valence electrons. The van der Waals surface area contributed by atoms with Crippen LogP contribution in [0.2, 0.25) is 0 Å². The second kappa shape index (κ2) is 7.08. The molecule has 1 aliphatic heterocycles. The van der Waals surface area contributed by atoms with E-state index in [-0.39, 0.29) is 38.3 Å². The van der Waals surface area contributed by atoms with Crippen molar-refractivity contribution in [3.63, 3.8) is 0 Å². The van der Waals surface area contributed by atoms with E-state index in [4.69, 9.17) is 4.74 Å². The Kier molecular flexibility index (Phi) is 5.75. The zero-order valence-corrected chi connectivity index (χ0v) is 11.1. The van der Waals surface area contributed by atoms with Crippen molar-refractivity contribution in [3.05, 3.63) is 0 Å². The Hall–Kier alpha value is -1.63. The van der Waals surface area contributed by atoms with Crippen LogP contribution in [0.15, 0.2) is 0 Å². The van der Waals surface area contributed by atoms with Gasteiger partial charge in [-0.1, -0.05) is 0 Å². The largest absolute Gasteiger partial charge is 0.467 e. The van der Waals surface area contributed by atoms with Gasteiger partial charge in [0.15, 0.2) is 0 Å². The van der Waals surface area contributed by atoms with Crippen molar-refractivity contribution >= 4 is 17.8 Å². The van der Waals surface area contributed by atoms with E-state index < -0.39 is 24.1 Å². The average Bonchev–Trinajstić information content (AvgIpc) is 2.77. The number of rotatable bonds is 5. The molecule has 1 aliphatic rings. The number of aliphatic hydroxyl groups is 1. The summed E-state index contributed by atoms with van der Waals surface area (Å²) in [7, 11) is 1.23. The maximum atomic E-state index is 11.9. The quantitative estimate of drug-likeness (QED) is 0.676. The smallest absolute Gasteiger partial charge is 0.328 e. The molecule has 0 aliphatic carbocycles. The fourth-order valence-electron chi connectivity index (χ4n) is 2.03. The molecule has 1 rings (SSSR count). The van der Waals surface area contributed by atoms with Gasteiger partial charge in [0.25, 0.3) is 0 Å². The molecule has 2 atom stereocenters. The van der Waals surface area contributed by atoms with Crippen molar-refractivity contribution in [1.29, 1.82) is 0 Å². The van der Waals surface area contributed by atoms with Crippen molar-refractivity contribution < 1.29 is 29.0 Å². The zero-order chi connectivity index (χ0) is 14.4. The summed E-state index contributed by atoms with van der Waals surface area (Å²) in [5.74, 6) is -1.37. The van der Waals surface area contributed by atoms with Gasteiger partial charge in [0.1, 0.15) is 6.04 Å². The molecule has 0 radical (unpaired) electrons. The lowest BCUT2D eigenvalue weighted by atomic mass is 10.2. The molecular weight excluding hydrogens is 254 g/mol. The molecule has 7 nitrogen and oxygen atoms in total. The first-order valence-corrected chi connectivity index (χ1v) is 6.20. The molecule has 0 aromatic heterocycles. The number of nitrogens with zero attached hydrogens (tertiary/aromatic N) is 1. The van der Waals surface area contributed by atoms with Crippen LogP contribution in [-0.2, 0) is 23.9 Å². The lowest BCUT2D eigenvalue weighted by Gasteiger charge is -2.22. The number of hydrogen-bond donors (Lipinski definition) is 1. The van der Waals surface area contributed by atoms with Gasteiger partial charge in [-0.15, -0.1) is 0 Å². The van der Waals surface area contributed by atoms with Crippen LogP contribution in [0, 0.1) is 0 Å². The number of esters is 2. The normalized spacial score (nSPS) is 22.2. The van der Waals surface area contributed by atoms with Crippen LogP contribution in [0.5, 0.6) is 0 Å². The SMILES string of the molecule is CCOC(=O)CCC(=O)N1CC(O)CC1C(=O)OC. The van der Waals surface area contributed by atoms with Crippen LogP contribution < -0.4 is 0 Å². The highest BCUT2D eigenvalue weighted by molar-refractivity contribution is 5.87. The fraction of sp³-hybridized carbons (Fsp3) is 0.750. The summed E-state index contributed by atoms with van der Waals surface area (Å²) in [5, 5.41) is 9.53. The molecule has 0 spiro atoms. The molecule has 19 heavy (non-hydrogen) atoms. The maximum Gasteiger partial charge on any atom is 0.328 e. The molecule has 1 heterocycles. The molecule has 1 fully saturated rings. The number of hydrogen-bond acceptors (Lipinski definition) is 6. The molecule has 1 N–H and O–H groups in total. The third-order valence-electron chi connectivity index (χ3n) is 2.92. The molecule has 0 aromatic carbocycles. The van der Waals surface area contributed by atoms with Crippen LogP contribution in [0.25, 0.3) is 0 Å². The molecule has 0 aromatic rings. The standard InChI is InChI=1S/C12H19NO6/c1-3-19-11(16)5-4-10(15)13-7-8(14)6-9(13)12(17)18-2/h8-9,14H,3-7H2,1-2H3. The Morgan fingerprint density at radius 1 is 1.32 bits per heavy atom. The van der Waals surface area contributed by atoms with E-state index in [2.05, 4.69) is 4.74 Å². The number of amides is 1. The van der Waals surface area contributed by atoms with E-state index in [0.717, 1.165) is 0 Å². The van der Waals surface area contributed by atoms with Crippen LogP contribution >= 0.6 is 0 Å². The van der Waals surface area contributed by atoms with Gasteiger partial charge in [-0.05, 0) is 6.92 Å². The summed E-state index contributed by atoms with van der Waals surface area (Å²) in [4.78, 5) is 35.8. The highest BCUT2D eigenvalue weighted by atomic mass is 16.5. The topological polar surface area (TPSA) is 93.1 Å². The number of carbonyl (C=O) groups excluding carboxylic acids is 3. The van der Waals surface area contributed by atoms with Gasteiger partial charge >= 0.3 is 11.9 Å². The van der Waals surface area contributed by atoms with Crippen molar-refractivity contribution in [2.24, 2.45) is 0 Å². The number of carbonyl (C=O) groups is 3. The minimum absolute atomic E-state index is 0.0346. The van der Waals surface area contributed by atoms with Gasteiger partial charge in [0.05, 0.1) is 26.2 Å². The van der Waals surface area contributed by atoms with Gasteiger partial charge < -0.3 is 19.5 Å². The third kappa shape index (κ3) is 4.20. The zero-order valence-electron chi connectivity index (χ0n) is 11.1. The molecule has 0 bridgehead atoms. The number of aliphatic hydroxyl groups excluding tert-OH is 1. The highest BCUT2D eigenvalue weighted by Gasteiger charge is 2.39. The Labute approximate surface area is 111 Å². The summed E-state index contributed by atoms with van der Waals surface area (Å²) in [6.45, 7) is 2.03. The van der Waals surface area contributed by atoms with Crippen molar-refractivity contribution in [2.75, 3.05) is 20.3 Å². The predicted molar refractivity (Wildman–Crippen MR) is 64.0 cm³/mol. The first kappa shape index (κ1) is 15.4. The van der Waals surface area contributed by atoms with E-state index in [1.165, 1.54) is 12.0 Å². The van der Waals surface area contributed by atoms with E-state index in [1.54, 1.807) is 6.92 Å². The van der Waals surface area contributed by atoms with Crippen LogP contribution in [-0.4, -0.2) is 60.3 Å². The van der Waals surface area contributed by atoms with Crippen LogP contribution in [0.3, 0.4) is 0 Å². The first-order valence-electron chi connectivity index (χ1n) is 6.20. The molecule has 1 saturated heterocycles. The Morgan fingerprint density at radius 2 is 2.00 bits per heavy atom. The molecule has 0 saturated carbocycles. The summed E-state index contributed by atoms with van der Waals surface area (Å²) < 4.78 is 9.31. The van der Waals surface area contributed by atoms with Gasteiger partial charge in [-0.2, -0.15) is 0 Å². The third-order valence-corrected chi connectivity index (χ3v) is 2.92. The highest BCUT2D eigenvalue weighted by Crippen LogP contribution is 2.20. The summed E-state index contributed by atoms with van der Waals surface area (Å²) >= 11 is 0. The number of methoxy groups -OCH3 is 1. The maximum absolute atomic E-state index is 11.9. The number of ether oxygens (including phenoxy) is 2. The van der Waals surface area contributed by atoms with Gasteiger partial charge in [-0.3, -0.25) is 9.59 Å².